The maximum atomic E-state index is 4.40. The Hall–Kier alpha value is -1.77. The Bertz CT molecular complexity index is 600. The van der Waals surface area contributed by atoms with Gasteiger partial charge in [0.05, 0.1) is 18.2 Å². The first-order chi connectivity index (χ1) is 9.72. The summed E-state index contributed by atoms with van der Waals surface area (Å²) in [6.07, 6.45) is 6.27. The molecule has 1 aliphatic heterocycles. The molecule has 1 aromatic carbocycles. The largest absolute Gasteiger partial charge is 0.384 e. The number of fused-ring (bicyclic) bond motifs is 1. The highest BCUT2D eigenvalue weighted by molar-refractivity contribution is 5.79. The van der Waals surface area contributed by atoms with Crippen molar-refractivity contribution in [3.05, 3.63) is 36.3 Å². The molecular weight excluding hydrogens is 246 g/mol. The van der Waals surface area contributed by atoms with Gasteiger partial charge in [-0.2, -0.15) is 0 Å². The third-order valence-electron chi connectivity index (χ3n) is 4.70. The van der Waals surface area contributed by atoms with Crippen LogP contribution >= 0.6 is 0 Å². The minimum Gasteiger partial charge on any atom is -0.384 e. The van der Waals surface area contributed by atoms with E-state index in [0.29, 0.717) is 12.0 Å². The summed E-state index contributed by atoms with van der Waals surface area (Å²) >= 11 is 0. The summed E-state index contributed by atoms with van der Waals surface area (Å²) in [4.78, 5) is 4.40. The molecule has 1 aliphatic rings. The minimum absolute atomic E-state index is 0.467. The van der Waals surface area contributed by atoms with Gasteiger partial charge in [-0.3, -0.25) is 0 Å². The van der Waals surface area contributed by atoms with E-state index >= 15 is 0 Å². The zero-order chi connectivity index (χ0) is 14.1. The van der Waals surface area contributed by atoms with E-state index in [4.69, 9.17) is 0 Å². The first kappa shape index (κ1) is 13.2. The van der Waals surface area contributed by atoms with E-state index in [1.54, 1.807) is 0 Å². The molecule has 106 valence electrons. The summed E-state index contributed by atoms with van der Waals surface area (Å²) in [7, 11) is 0. The van der Waals surface area contributed by atoms with Crippen LogP contribution in [0.2, 0.25) is 0 Å². The average Bonchev–Trinajstić information content (AvgIpc) is 3.13. The zero-order valence-electron chi connectivity index (χ0n) is 12.6. The number of hydrogen-bond donors (Lipinski definition) is 1. The van der Waals surface area contributed by atoms with Crippen LogP contribution in [0.3, 0.4) is 0 Å². The molecular formula is C17H23N3. The predicted molar refractivity (Wildman–Crippen MR) is 84.0 cm³/mol. The van der Waals surface area contributed by atoms with Crippen molar-refractivity contribution < 1.29 is 0 Å². The van der Waals surface area contributed by atoms with Crippen LogP contribution < -0.4 is 5.32 Å². The van der Waals surface area contributed by atoms with Gasteiger partial charge >= 0.3 is 0 Å². The third-order valence-corrected chi connectivity index (χ3v) is 4.70. The van der Waals surface area contributed by atoms with Gasteiger partial charge in [-0.25, -0.2) is 4.98 Å². The van der Waals surface area contributed by atoms with Crippen LogP contribution in [0.4, 0.5) is 5.69 Å². The van der Waals surface area contributed by atoms with E-state index in [1.165, 1.54) is 28.9 Å². The van der Waals surface area contributed by atoms with Gasteiger partial charge in [0.2, 0.25) is 0 Å². The molecule has 0 aliphatic carbocycles. The Morgan fingerprint density at radius 1 is 1.35 bits per heavy atom. The number of hydrogen-bond acceptors (Lipinski definition) is 2. The third kappa shape index (κ3) is 2.11. The molecule has 20 heavy (non-hydrogen) atoms. The average molecular weight is 269 g/mol. The maximum Gasteiger partial charge on any atom is 0.0953 e. The Balaban J connectivity index is 2.04. The lowest BCUT2D eigenvalue weighted by atomic mass is 9.99. The van der Waals surface area contributed by atoms with Crippen LogP contribution in [0.15, 0.2) is 30.7 Å². The van der Waals surface area contributed by atoms with Crippen molar-refractivity contribution in [3.8, 4) is 11.3 Å². The number of aromatic nitrogens is 2. The number of anilines is 1. The summed E-state index contributed by atoms with van der Waals surface area (Å²) in [5.41, 5.74) is 5.23. The van der Waals surface area contributed by atoms with Gasteiger partial charge in [-0.05, 0) is 24.8 Å². The molecule has 2 aromatic rings. The van der Waals surface area contributed by atoms with Crippen molar-refractivity contribution in [1.82, 2.24) is 9.55 Å². The molecule has 0 saturated carbocycles. The quantitative estimate of drug-likeness (QED) is 0.904. The van der Waals surface area contributed by atoms with E-state index in [1.807, 2.05) is 12.5 Å². The number of rotatable bonds is 4. The molecule has 2 atom stereocenters. The molecule has 0 saturated heterocycles. The molecule has 2 heterocycles. The molecule has 1 aromatic heterocycles. The standard InChI is InChI=1S/C17H23N3/c1-4-12(2)13(3)20-11-18-10-16(20)15-7-5-6-14-8-9-19-17(14)15/h5-7,10-13,19H,4,8-9H2,1-3H3. The Morgan fingerprint density at radius 3 is 3.00 bits per heavy atom. The molecule has 0 fully saturated rings. The van der Waals surface area contributed by atoms with E-state index < -0.39 is 0 Å². The summed E-state index contributed by atoms with van der Waals surface area (Å²) in [5.74, 6) is 0.646. The van der Waals surface area contributed by atoms with Gasteiger partial charge in [0.25, 0.3) is 0 Å². The van der Waals surface area contributed by atoms with Crippen molar-refractivity contribution in [2.24, 2.45) is 5.92 Å². The summed E-state index contributed by atoms with van der Waals surface area (Å²) in [6, 6.07) is 7.05. The molecule has 3 nitrogen and oxygen atoms in total. The topological polar surface area (TPSA) is 29.9 Å². The van der Waals surface area contributed by atoms with E-state index in [2.05, 4.69) is 53.8 Å². The van der Waals surface area contributed by atoms with Crippen LogP contribution in [0, 0.1) is 5.92 Å². The summed E-state index contributed by atoms with van der Waals surface area (Å²) in [5, 5.41) is 3.53. The van der Waals surface area contributed by atoms with Crippen molar-refractivity contribution in [1.29, 1.82) is 0 Å². The second kappa shape index (κ2) is 5.31. The number of benzene rings is 1. The zero-order valence-corrected chi connectivity index (χ0v) is 12.6. The van der Waals surface area contributed by atoms with Crippen LogP contribution in [0.5, 0.6) is 0 Å². The summed E-state index contributed by atoms with van der Waals surface area (Å²) < 4.78 is 2.32. The van der Waals surface area contributed by atoms with Gasteiger partial charge in [-0.1, -0.05) is 38.5 Å². The van der Waals surface area contributed by atoms with Gasteiger partial charge in [-0.15, -0.1) is 0 Å². The van der Waals surface area contributed by atoms with Gasteiger partial charge in [0.1, 0.15) is 0 Å². The van der Waals surface area contributed by atoms with Gasteiger partial charge < -0.3 is 9.88 Å². The molecule has 1 N–H and O–H groups in total. The highest BCUT2D eigenvalue weighted by Gasteiger charge is 2.20. The van der Waals surface area contributed by atoms with E-state index in [-0.39, 0.29) is 0 Å². The number of para-hydroxylation sites is 1. The second-order valence-corrected chi connectivity index (χ2v) is 5.83. The lowest BCUT2D eigenvalue weighted by Crippen LogP contribution is -2.13. The lowest BCUT2D eigenvalue weighted by molar-refractivity contribution is 0.372. The minimum atomic E-state index is 0.467. The Labute approximate surface area is 121 Å². The Kier molecular flexibility index (Phi) is 3.51. The van der Waals surface area contributed by atoms with Crippen molar-refractivity contribution >= 4 is 5.69 Å². The second-order valence-electron chi connectivity index (χ2n) is 5.83. The van der Waals surface area contributed by atoms with Crippen molar-refractivity contribution in [2.75, 3.05) is 11.9 Å². The van der Waals surface area contributed by atoms with Crippen molar-refractivity contribution in [2.45, 2.75) is 39.7 Å². The molecule has 0 bridgehead atoms. The first-order valence-corrected chi connectivity index (χ1v) is 7.60. The predicted octanol–water partition coefficient (Wildman–Crippen LogP) is 4.13. The maximum absolute atomic E-state index is 4.40. The van der Waals surface area contributed by atoms with Crippen molar-refractivity contribution in [3.63, 3.8) is 0 Å². The Morgan fingerprint density at radius 2 is 2.20 bits per heavy atom. The van der Waals surface area contributed by atoms with Crippen LogP contribution in [-0.2, 0) is 6.42 Å². The lowest BCUT2D eigenvalue weighted by Gasteiger charge is -2.23. The van der Waals surface area contributed by atoms with E-state index in [0.717, 1.165) is 13.0 Å². The van der Waals surface area contributed by atoms with Crippen LogP contribution in [-0.4, -0.2) is 16.1 Å². The van der Waals surface area contributed by atoms with Gasteiger partial charge in [0.15, 0.2) is 0 Å². The van der Waals surface area contributed by atoms with Crippen LogP contribution in [0.25, 0.3) is 11.3 Å². The number of nitrogens with zero attached hydrogens (tertiary/aromatic N) is 2. The fraction of sp³-hybridized carbons (Fsp3) is 0.471. The fourth-order valence-electron chi connectivity index (χ4n) is 3.01. The van der Waals surface area contributed by atoms with E-state index in [9.17, 15) is 0 Å². The molecule has 3 rings (SSSR count). The highest BCUT2D eigenvalue weighted by atomic mass is 15.1. The molecule has 0 radical (unpaired) electrons. The molecule has 0 amide bonds. The monoisotopic (exact) mass is 269 g/mol. The van der Waals surface area contributed by atoms with Gasteiger partial charge in [0, 0.05) is 23.8 Å². The smallest absolute Gasteiger partial charge is 0.0953 e. The molecule has 3 heteroatoms. The SMILES string of the molecule is CCC(C)C(C)n1cncc1-c1cccc2c1NCC2. The normalized spacial score (nSPS) is 16.6. The highest BCUT2D eigenvalue weighted by Crippen LogP contribution is 2.36. The number of imidazole rings is 1. The number of nitrogens with one attached hydrogen (secondary N) is 1. The van der Waals surface area contributed by atoms with Crippen LogP contribution in [0.1, 0.15) is 38.8 Å². The fourth-order valence-corrected chi connectivity index (χ4v) is 3.01. The molecule has 0 spiro atoms. The summed E-state index contributed by atoms with van der Waals surface area (Å²) in [6.45, 7) is 7.89. The molecule has 2 unspecified atom stereocenters. The first-order valence-electron chi connectivity index (χ1n) is 7.60.